The van der Waals surface area contributed by atoms with Crippen LogP contribution in [0, 0.1) is 0 Å². The van der Waals surface area contributed by atoms with Crippen LogP contribution in [-0.4, -0.2) is 57.6 Å². The number of likely N-dealkylation sites (N-methyl/N-ethyl adjacent to an activating group) is 1. The molecule has 0 aromatic heterocycles. The summed E-state index contributed by atoms with van der Waals surface area (Å²) in [5.74, 6) is -0.318. The van der Waals surface area contributed by atoms with E-state index in [-0.39, 0.29) is 21.3 Å². The summed E-state index contributed by atoms with van der Waals surface area (Å²) in [6, 6.07) is 16.0. The van der Waals surface area contributed by atoms with Crippen LogP contribution in [0.25, 0.3) is 0 Å². The van der Waals surface area contributed by atoms with Crippen LogP contribution in [-0.2, 0) is 25.0 Å². The first-order valence-electron chi connectivity index (χ1n) is 12.2. The van der Waals surface area contributed by atoms with Crippen molar-refractivity contribution in [2.45, 2.75) is 70.8 Å². The van der Waals surface area contributed by atoms with Crippen molar-refractivity contribution in [3.8, 4) is 0 Å². The van der Waals surface area contributed by atoms with Crippen molar-refractivity contribution < 1.29 is 18.0 Å². The van der Waals surface area contributed by atoms with Crippen LogP contribution in [0.1, 0.15) is 45.6 Å². The molecule has 0 saturated carbocycles. The summed E-state index contributed by atoms with van der Waals surface area (Å²) >= 11 is 2.97. The van der Waals surface area contributed by atoms with E-state index in [0.29, 0.717) is 18.5 Å². The molecule has 7 rings (SSSR count). The number of hydrogen-bond acceptors (Lipinski definition) is 6. The molecule has 4 saturated heterocycles. The van der Waals surface area contributed by atoms with Gasteiger partial charge in [0.1, 0.15) is 6.17 Å². The minimum absolute atomic E-state index is 0.0234. The SMILES string of the molecule is CCCC12CC34SC(C)S[C@](C)(C(=O)N3[C@H]1N(S(=O)(=O)c1ccccc1)c1ccccc12)N(C)C4=O. The van der Waals surface area contributed by atoms with E-state index in [9.17, 15) is 18.0 Å². The van der Waals surface area contributed by atoms with Gasteiger partial charge in [0.05, 0.1) is 15.2 Å². The topological polar surface area (TPSA) is 78.0 Å². The molecule has 4 fully saturated rings. The molecule has 2 bridgehead atoms. The fraction of sp³-hybridized carbons (Fsp3) is 0.462. The highest BCUT2D eigenvalue weighted by atomic mass is 32.2. The standard InChI is InChI=1S/C26H29N3O4S3/c1-5-15-25-16-26-23(31)27(4)24(3,34-17(2)35-26)22(30)28(26)21(25)29(20-14-10-9-13-19(20)25)36(32,33)18-11-7-6-8-12-18/h6-14,17,21H,5,15-16H2,1-4H3/t17?,21-,24+,25?,26?/m0/s1. The van der Waals surface area contributed by atoms with E-state index < -0.39 is 31.3 Å². The summed E-state index contributed by atoms with van der Waals surface area (Å²) in [5, 5.41) is 0. The van der Waals surface area contributed by atoms with Gasteiger partial charge in [0.25, 0.3) is 21.8 Å². The lowest BCUT2D eigenvalue weighted by molar-refractivity contribution is -0.163. The number of benzene rings is 2. The first kappa shape index (κ1) is 24.2. The van der Waals surface area contributed by atoms with Crippen molar-refractivity contribution in [3.05, 3.63) is 60.2 Å². The molecular formula is C26H29N3O4S3. The Morgan fingerprint density at radius 3 is 2.36 bits per heavy atom. The van der Waals surface area contributed by atoms with Crippen LogP contribution in [0.4, 0.5) is 5.69 Å². The minimum atomic E-state index is -4.03. The van der Waals surface area contributed by atoms with Crippen molar-refractivity contribution in [1.82, 2.24) is 9.80 Å². The van der Waals surface area contributed by atoms with E-state index in [0.717, 1.165) is 12.0 Å². The number of hydrogen-bond donors (Lipinski definition) is 0. The maximum absolute atomic E-state index is 14.4. The molecule has 5 aliphatic rings. The van der Waals surface area contributed by atoms with Gasteiger partial charge in [-0.05, 0) is 44.0 Å². The summed E-state index contributed by atoms with van der Waals surface area (Å²) in [7, 11) is -2.33. The zero-order valence-corrected chi connectivity index (χ0v) is 23.1. The number of sulfonamides is 1. The summed E-state index contributed by atoms with van der Waals surface area (Å²) in [6.07, 6.45) is 1.02. The first-order valence-corrected chi connectivity index (χ1v) is 15.4. The monoisotopic (exact) mass is 543 g/mol. The number of anilines is 1. The number of carbonyl (C=O) groups excluding carboxylic acids is 2. The molecule has 2 aromatic carbocycles. The van der Waals surface area contributed by atoms with E-state index in [1.165, 1.54) is 27.8 Å². The van der Waals surface area contributed by atoms with Crippen molar-refractivity contribution in [2.24, 2.45) is 0 Å². The molecule has 0 aliphatic carbocycles. The Bertz CT molecular complexity index is 1390. The highest BCUT2D eigenvalue weighted by Crippen LogP contribution is 2.68. The Morgan fingerprint density at radius 2 is 1.67 bits per heavy atom. The van der Waals surface area contributed by atoms with Crippen LogP contribution in [0.15, 0.2) is 59.5 Å². The molecule has 3 unspecified atom stereocenters. The lowest BCUT2D eigenvalue weighted by atomic mass is 9.74. The maximum atomic E-state index is 14.4. The second kappa shape index (κ2) is 7.68. The molecule has 36 heavy (non-hydrogen) atoms. The Morgan fingerprint density at radius 1 is 1.00 bits per heavy atom. The van der Waals surface area contributed by atoms with E-state index in [1.54, 1.807) is 54.1 Å². The molecule has 190 valence electrons. The molecule has 5 heterocycles. The normalized spacial score (nSPS) is 35.1. The zero-order valence-electron chi connectivity index (χ0n) is 20.7. The Labute approximate surface area is 220 Å². The first-order chi connectivity index (χ1) is 17.0. The lowest BCUT2D eigenvalue weighted by Crippen LogP contribution is -2.72. The van der Waals surface area contributed by atoms with Gasteiger partial charge in [0.15, 0.2) is 9.74 Å². The number of fused-ring (bicyclic) bond motifs is 6. The number of para-hydroxylation sites is 1. The molecule has 10 heteroatoms. The number of thioether (sulfide) groups is 2. The van der Waals surface area contributed by atoms with Gasteiger partial charge in [-0.15, -0.1) is 23.5 Å². The van der Waals surface area contributed by atoms with Gasteiger partial charge >= 0.3 is 0 Å². The average molecular weight is 544 g/mol. The van der Waals surface area contributed by atoms with Crippen LogP contribution in [0.2, 0.25) is 0 Å². The Balaban J connectivity index is 1.67. The molecular weight excluding hydrogens is 515 g/mol. The number of piperazine rings is 1. The fourth-order valence-electron chi connectivity index (χ4n) is 6.77. The van der Waals surface area contributed by atoms with E-state index in [2.05, 4.69) is 6.92 Å². The Hall–Kier alpha value is -2.17. The average Bonchev–Trinajstić information content (AvgIpc) is 3.23. The highest BCUT2D eigenvalue weighted by molar-refractivity contribution is 8.19. The zero-order chi connectivity index (χ0) is 25.7. The van der Waals surface area contributed by atoms with E-state index >= 15 is 0 Å². The van der Waals surface area contributed by atoms with Gasteiger partial charge in [0, 0.05) is 18.9 Å². The predicted octanol–water partition coefficient (Wildman–Crippen LogP) is 4.20. The van der Waals surface area contributed by atoms with Gasteiger partial charge < -0.3 is 4.90 Å². The largest absolute Gasteiger partial charge is 0.320 e. The quantitative estimate of drug-likeness (QED) is 0.575. The summed E-state index contributed by atoms with van der Waals surface area (Å²) in [5.41, 5.74) is 0.801. The molecule has 1 spiro atoms. The van der Waals surface area contributed by atoms with Crippen LogP contribution in [0.5, 0.6) is 0 Å². The molecule has 7 nitrogen and oxygen atoms in total. The maximum Gasteiger partial charge on any atom is 0.266 e. The fourth-order valence-corrected chi connectivity index (χ4v) is 12.2. The van der Waals surface area contributed by atoms with Crippen molar-refractivity contribution in [3.63, 3.8) is 0 Å². The van der Waals surface area contributed by atoms with Crippen molar-refractivity contribution in [2.75, 3.05) is 11.4 Å². The second-order valence-electron chi connectivity index (χ2n) is 10.2. The van der Waals surface area contributed by atoms with Crippen molar-refractivity contribution >= 4 is 51.0 Å². The number of carbonyl (C=O) groups is 2. The molecule has 2 amide bonds. The summed E-state index contributed by atoms with van der Waals surface area (Å²) in [4.78, 5) is 29.8. The third kappa shape index (κ3) is 2.75. The molecule has 5 atom stereocenters. The smallest absolute Gasteiger partial charge is 0.266 e. The second-order valence-corrected chi connectivity index (χ2v) is 15.7. The summed E-state index contributed by atoms with van der Waals surface area (Å²) < 4.78 is 30.1. The van der Waals surface area contributed by atoms with E-state index in [4.69, 9.17) is 0 Å². The molecule has 2 aromatic rings. The summed E-state index contributed by atoms with van der Waals surface area (Å²) in [6.45, 7) is 5.90. The molecule has 0 N–H and O–H groups in total. The molecule has 5 aliphatic heterocycles. The number of nitrogens with zero attached hydrogens (tertiary/aromatic N) is 3. The van der Waals surface area contributed by atoms with Gasteiger partial charge in [-0.3, -0.25) is 14.5 Å². The molecule has 0 radical (unpaired) electrons. The van der Waals surface area contributed by atoms with Crippen LogP contribution >= 0.6 is 23.5 Å². The van der Waals surface area contributed by atoms with E-state index in [1.807, 2.05) is 31.2 Å². The number of amides is 2. The third-order valence-electron chi connectivity index (χ3n) is 8.23. The lowest BCUT2D eigenvalue weighted by Gasteiger charge is -2.51. The highest BCUT2D eigenvalue weighted by Gasteiger charge is 2.77. The Kier molecular flexibility index (Phi) is 5.16. The van der Waals surface area contributed by atoms with Gasteiger partial charge in [-0.1, -0.05) is 49.7 Å². The third-order valence-corrected chi connectivity index (χ3v) is 13.1. The van der Waals surface area contributed by atoms with Gasteiger partial charge in [-0.25, -0.2) is 12.7 Å². The number of rotatable bonds is 4. The van der Waals surface area contributed by atoms with Gasteiger partial charge in [0.2, 0.25) is 0 Å². The van der Waals surface area contributed by atoms with Gasteiger partial charge in [-0.2, -0.15) is 0 Å². The minimum Gasteiger partial charge on any atom is -0.320 e. The van der Waals surface area contributed by atoms with Crippen LogP contribution in [0.3, 0.4) is 0 Å². The van der Waals surface area contributed by atoms with Crippen molar-refractivity contribution in [1.29, 1.82) is 0 Å². The van der Waals surface area contributed by atoms with Crippen LogP contribution < -0.4 is 4.31 Å². The predicted molar refractivity (Wildman–Crippen MR) is 143 cm³/mol.